The molecule has 0 spiro atoms. The van der Waals surface area contributed by atoms with Crippen LogP contribution >= 0.6 is 0 Å². The molecule has 0 N–H and O–H groups in total. The quantitative estimate of drug-likeness (QED) is 0.325. The van der Waals surface area contributed by atoms with Crippen molar-refractivity contribution in [2.45, 2.75) is 6.92 Å². The van der Waals surface area contributed by atoms with Crippen LogP contribution in [0.2, 0.25) is 0 Å². The summed E-state index contributed by atoms with van der Waals surface area (Å²) in [5.41, 5.74) is -0.325. The Morgan fingerprint density at radius 1 is 0.731 bits per heavy atom. The molecular formula is C20H11F5O. The van der Waals surface area contributed by atoms with Gasteiger partial charge in [-0.1, -0.05) is 29.8 Å². The summed E-state index contributed by atoms with van der Waals surface area (Å²) >= 11 is 0. The maximum absolute atomic E-state index is 14.8. The average molecular weight is 362 g/mol. The Morgan fingerprint density at radius 3 is 1.85 bits per heavy atom. The first-order chi connectivity index (χ1) is 12.3. The standard InChI is InChI=1S/C20H11F5O/c1-10-2-4-11(5-3-10)18-13(8-15(21)14(9-26)19(18)24)12-6-16(22)20(25)17(23)7-12/h2-9H,1H3. The van der Waals surface area contributed by atoms with E-state index in [0.29, 0.717) is 12.1 Å². The van der Waals surface area contributed by atoms with Gasteiger partial charge in [0, 0.05) is 5.56 Å². The van der Waals surface area contributed by atoms with E-state index in [1.807, 2.05) is 0 Å². The van der Waals surface area contributed by atoms with Crippen molar-refractivity contribution in [3.63, 3.8) is 0 Å². The SMILES string of the molecule is Cc1ccc(-c2c(-c3cc(F)c(F)c(F)c3)cc(F)c(C=O)c2F)cc1. The molecule has 0 heterocycles. The molecule has 6 heteroatoms. The summed E-state index contributed by atoms with van der Waals surface area (Å²) in [5, 5.41) is 0. The summed E-state index contributed by atoms with van der Waals surface area (Å²) in [6, 6.07) is 8.46. The van der Waals surface area contributed by atoms with Crippen LogP contribution in [0.15, 0.2) is 42.5 Å². The number of aldehydes is 1. The van der Waals surface area contributed by atoms with Gasteiger partial charge in [-0.15, -0.1) is 0 Å². The highest BCUT2D eigenvalue weighted by molar-refractivity contribution is 5.89. The van der Waals surface area contributed by atoms with Crippen LogP contribution in [0.25, 0.3) is 22.3 Å². The van der Waals surface area contributed by atoms with E-state index in [4.69, 9.17) is 0 Å². The normalized spacial score (nSPS) is 10.8. The predicted molar refractivity (Wildman–Crippen MR) is 87.2 cm³/mol. The van der Waals surface area contributed by atoms with Gasteiger partial charge in [0.15, 0.2) is 23.7 Å². The molecular weight excluding hydrogens is 351 g/mol. The highest BCUT2D eigenvalue weighted by atomic mass is 19.2. The molecule has 0 aliphatic rings. The number of rotatable bonds is 3. The summed E-state index contributed by atoms with van der Waals surface area (Å²) in [4.78, 5) is 11.0. The molecule has 3 aromatic rings. The summed E-state index contributed by atoms with van der Waals surface area (Å²) in [5.74, 6) is -7.01. The van der Waals surface area contributed by atoms with Gasteiger partial charge in [0.1, 0.15) is 11.6 Å². The van der Waals surface area contributed by atoms with Gasteiger partial charge in [-0.3, -0.25) is 4.79 Å². The van der Waals surface area contributed by atoms with E-state index in [0.717, 1.165) is 11.6 Å². The van der Waals surface area contributed by atoms with Crippen LogP contribution < -0.4 is 0 Å². The van der Waals surface area contributed by atoms with Crippen molar-refractivity contribution in [2.75, 3.05) is 0 Å². The summed E-state index contributed by atoms with van der Waals surface area (Å²) in [6.07, 6.45) is 0.0258. The molecule has 0 saturated heterocycles. The van der Waals surface area contributed by atoms with Gasteiger partial charge in [-0.2, -0.15) is 0 Å². The zero-order valence-corrected chi connectivity index (χ0v) is 13.4. The van der Waals surface area contributed by atoms with E-state index in [1.165, 1.54) is 12.1 Å². The molecule has 0 aliphatic heterocycles. The highest BCUT2D eigenvalue weighted by Crippen LogP contribution is 2.37. The van der Waals surface area contributed by atoms with Crippen molar-refractivity contribution >= 4 is 6.29 Å². The molecule has 0 amide bonds. The Balaban J connectivity index is 2.38. The lowest BCUT2D eigenvalue weighted by atomic mass is 9.91. The molecule has 0 fully saturated rings. The number of halogens is 5. The number of carbonyl (C=O) groups excluding carboxylic acids is 1. The van der Waals surface area contributed by atoms with Gasteiger partial charge in [-0.25, -0.2) is 22.0 Å². The van der Waals surface area contributed by atoms with Gasteiger partial charge >= 0.3 is 0 Å². The van der Waals surface area contributed by atoms with Crippen LogP contribution in [0.3, 0.4) is 0 Å². The first-order valence-corrected chi connectivity index (χ1v) is 7.52. The lowest BCUT2D eigenvalue weighted by molar-refractivity contribution is 0.111. The van der Waals surface area contributed by atoms with Crippen molar-refractivity contribution in [2.24, 2.45) is 0 Å². The van der Waals surface area contributed by atoms with Crippen LogP contribution in [0.1, 0.15) is 15.9 Å². The second kappa shape index (κ2) is 6.71. The maximum Gasteiger partial charge on any atom is 0.194 e. The van der Waals surface area contributed by atoms with Gasteiger partial charge in [0.05, 0.1) is 5.56 Å². The molecule has 0 bridgehead atoms. The molecule has 0 unspecified atom stereocenters. The smallest absolute Gasteiger partial charge is 0.194 e. The third kappa shape index (κ3) is 2.98. The molecule has 0 saturated carbocycles. The van der Waals surface area contributed by atoms with Crippen molar-refractivity contribution in [3.8, 4) is 22.3 Å². The third-order valence-corrected chi connectivity index (χ3v) is 4.01. The summed E-state index contributed by atoms with van der Waals surface area (Å²) in [6.45, 7) is 1.80. The molecule has 3 rings (SSSR count). The predicted octanol–water partition coefficient (Wildman–Crippen LogP) is 5.84. The van der Waals surface area contributed by atoms with E-state index < -0.39 is 34.6 Å². The number of hydrogen-bond acceptors (Lipinski definition) is 1. The van der Waals surface area contributed by atoms with E-state index in [9.17, 15) is 26.7 Å². The minimum absolute atomic E-state index is 0.0258. The largest absolute Gasteiger partial charge is 0.298 e. The lowest BCUT2D eigenvalue weighted by Crippen LogP contribution is -2.01. The number of aryl methyl sites for hydroxylation is 1. The van der Waals surface area contributed by atoms with Crippen LogP contribution in [0.4, 0.5) is 22.0 Å². The monoisotopic (exact) mass is 362 g/mol. The topological polar surface area (TPSA) is 17.1 Å². The van der Waals surface area contributed by atoms with Crippen LogP contribution in [-0.2, 0) is 0 Å². The molecule has 1 nitrogen and oxygen atoms in total. The van der Waals surface area contributed by atoms with Gasteiger partial charge in [-0.05, 0) is 41.8 Å². The summed E-state index contributed by atoms with van der Waals surface area (Å²) < 4.78 is 69.3. The Kier molecular flexibility index (Phi) is 4.59. The first-order valence-electron chi connectivity index (χ1n) is 7.52. The first kappa shape index (κ1) is 17.8. The third-order valence-electron chi connectivity index (χ3n) is 4.01. The zero-order valence-electron chi connectivity index (χ0n) is 13.4. The molecule has 0 aromatic heterocycles. The molecule has 0 radical (unpaired) electrons. The Hall–Kier alpha value is -3.02. The zero-order chi connectivity index (χ0) is 19.0. The maximum atomic E-state index is 14.8. The van der Waals surface area contributed by atoms with Crippen molar-refractivity contribution in [1.29, 1.82) is 0 Å². The van der Waals surface area contributed by atoms with E-state index in [2.05, 4.69) is 0 Å². The Morgan fingerprint density at radius 2 is 1.31 bits per heavy atom. The van der Waals surface area contributed by atoms with Crippen LogP contribution in [-0.4, -0.2) is 6.29 Å². The fourth-order valence-corrected chi connectivity index (χ4v) is 2.68. The van der Waals surface area contributed by atoms with Gasteiger partial charge in [0.2, 0.25) is 0 Å². The van der Waals surface area contributed by atoms with Crippen molar-refractivity contribution in [3.05, 3.63) is 82.7 Å². The second-order valence-electron chi connectivity index (χ2n) is 5.75. The number of hydrogen-bond donors (Lipinski definition) is 0. The van der Waals surface area contributed by atoms with Gasteiger partial charge < -0.3 is 0 Å². The van der Waals surface area contributed by atoms with E-state index in [1.54, 1.807) is 19.1 Å². The minimum atomic E-state index is -1.68. The molecule has 0 aliphatic carbocycles. The highest BCUT2D eigenvalue weighted by Gasteiger charge is 2.22. The molecule has 132 valence electrons. The van der Waals surface area contributed by atoms with Crippen molar-refractivity contribution in [1.82, 2.24) is 0 Å². The van der Waals surface area contributed by atoms with E-state index in [-0.39, 0.29) is 28.5 Å². The van der Waals surface area contributed by atoms with Crippen LogP contribution in [0.5, 0.6) is 0 Å². The van der Waals surface area contributed by atoms with Crippen LogP contribution in [0, 0.1) is 36.0 Å². The average Bonchev–Trinajstić information content (AvgIpc) is 2.60. The fraction of sp³-hybridized carbons (Fsp3) is 0.0500. The van der Waals surface area contributed by atoms with Gasteiger partial charge in [0.25, 0.3) is 0 Å². The minimum Gasteiger partial charge on any atom is -0.298 e. The van der Waals surface area contributed by atoms with Crippen molar-refractivity contribution < 1.29 is 26.7 Å². The lowest BCUT2D eigenvalue weighted by Gasteiger charge is -2.14. The summed E-state index contributed by atoms with van der Waals surface area (Å²) in [7, 11) is 0. The Labute approximate surface area is 145 Å². The fourth-order valence-electron chi connectivity index (χ4n) is 2.68. The Bertz CT molecular complexity index is 987. The molecule has 3 aromatic carbocycles. The second-order valence-corrected chi connectivity index (χ2v) is 5.75. The number of benzene rings is 3. The van der Waals surface area contributed by atoms with E-state index >= 15 is 0 Å². The number of carbonyl (C=O) groups is 1. The molecule has 26 heavy (non-hydrogen) atoms. The molecule has 0 atom stereocenters.